The lowest BCUT2D eigenvalue weighted by Crippen LogP contribution is -2.58. The van der Waals surface area contributed by atoms with Crippen LogP contribution in [-0.2, 0) is 9.59 Å². The molecule has 5 rings (SSSR count). The zero-order chi connectivity index (χ0) is 27.4. The number of fused-ring (bicyclic) bond motifs is 1. The standard InChI is InChI=1S/C31H37N5O3/c1-3-23(2)20-32-28(37)21-35-22-36(25-12-5-4-6-13-25)31(29(35)38)16-18-34(19-17-31)30(39)33-27-15-9-11-24-10-7-8-14-26(24)27/h4-15,23H,3,16-22H2,1-2H3,(H,32,37)(H,33,39). The second kappa shape index (κ2) is 11.4. The minimum absolute atomic E-state index is 0.0334. The highest BCUT2D eigenvalue weighted by atomic mass is 16.2. The van der Waals surface area contributed by atoms with Gasteiger partial charge >= 0.3 is 6.03 Å². The molecule has 0 radical (unpaired) electrons. The molecular formula is C31H37N5O3. The molecule has 4 amide bonds. The maximum atomic E-state index is 13.9. The van der Waals surface area contributed by atoms with E-state index in [1.165, 1.54) is 0 Å². The number of piperidine rings is 1. The first kappa shape index (κ1) is 26.5. The quantitative estimate of drug-likeness (QED) is 0.468. The smallest absolute Gasteiger partial charge is 0.321 e. The van der Waals surface area contributed by atoms with E-state index in [1.807, 2.05) is 72.8 Å². The summed E-state index contributed by atoms with van der Waals surface area (Å²) < 4.78 is 0. The summed E-state index contributed by atoms with van der Waals surface area (Å²) in [5.41, 5.74) is 0.937. The van der Waals surface area contributed by atoms with Gasteiger partial charge in [0.25, 0.3) is 5.91 Å². The molecule has 2 aliphatic rings. The average Bonchev–Trinajstić information content (AvgIpc) is 3.23. The highest BCUT2D eigenvalue weighted by molar-refractivity contribution is 6.02. The molecule has 3 aromatic rings. The van der Waals surface area contributed by atoms with E-state index >= 15 is 0 Å². The highest BCUT2D eigenvalue weighted by Gasteiger charge is 2.54. The van der Waals surface area contributed by atoms with Crippen LogP contribution in [0, 0.1) is 5.92 Å². The van der Waals surface area contributed by atoms with Gasteiger partial charge in [-0.25, -0.2) is 4.79 Å². The van der Waals surface area contributed by atoms with Crippen molar-refractivity contribution in [3.8, 4) is 0 Å². The third-order valence-corrected chi connectivity index (χ3v) is 8.17. The Morgan fingerprint density at radius 3 is 2.38 bits per heavy atom. The molecule has 0 bridgehead atoms. The Bertz CT molecular complexity index is 1330. The molecule has 8 heteroatoms. The Labute approximate surface area is 229 Å². The number of benzene rings is 3. The Morgan fingerprint density at radius 1 is 0.949 bits per heavy atom. The summed E-state index contributed by atoms with van der Waals surface area (Å²) >= 11 is 0. The van der Waals surface area contributed by atoms with Gasteiger partial charge in [0, 0.05) is 30.7 Å². The molecule has 2 N–H and O–H groups in total. The number of hydrogen-bond acceptors (Lipinski definition) is 4. The molecular weight excluding hydrogens is 490 g/mol. The van der Waals surface area contributed by atoms with Gasteiger partial charge in [-0.2, -0.15) is 0 Å². The second-order valence-electron chi connectivity index (χ2n) is 10.7. The minimum Gasteiger partial charge on any atom is -0.354 e. The fourth-order valence-corrected chi connectivity index (χ4v) is 5.59. The van der Waals surface area contributed by atoms with Crippen molar-refractivity contribution >= 4 is 40.0 Å². The number of rotatable bonds is 7. The van der Waals surface area contributed by atoms with Crippen LogP contribution in [0.25, 0.3) is 10.8 Å². The summed E-state index contributed by atoms with van der Waals surface area (Å²) in [6, 6.07) is 23.5. The Morgan fingerprint density at radius 2 is 1.64 bits per heavy atom. The summed E-state index contributed by atoms with van der Waals surface area (Å²) in [5, 5.41) is 8.10. The lowest BCUT2D eigenvalue weighted by Gasteiger charge is -2.43. The number of para-hydroxylation sites is 1. The Kier molecular flexibility index (Phi) is 7.72. The second-order valence-corrected chi connectivity index (χ2v) is 10.7. The number of urea groups is 1. The molecule has 0 saturated carbocycles. The first-order valence-electron chi connectivity index (χ1n) is 13.8. The summed E-state index contributed by atoms with van der Waals surface area (Å²) in [5.74, 6) is 0.208. The van der Waals surface area contributed by atoms with Crippen molar-refractivity contribution in [3.05, 3.63) is 72.8 Å². The third kappa shape index (κ3) is 5.41. The molecule has 2 heterocycles. The summed E-state index contributed by atoms with van der Waals surface area (Å²) in [4.78, 5) is 45.4. The van der Waals surface area contributed by atoms with Crippen molar-refractivity contribution in [2.75, 3.05) is 43.1 Å². The zero-order valence-electron chi connectivity index (χ0n) is 22.7. The third-order valence-electron chi connectivity index (χ3n) is 8.17. The van der Waals surface area contributed by atoms with Gasteiger partial charge < -0.3 is 25.3 Å². The molecule has 2 aliphatic heterocycles. The van der Waals surface area contributed by atoms with E-state index < -0.39 is 5.54 Å². The fraction of sp³-hybridized carbons (Fsp3) is 0.387. The maximum absolute atomic E-state index is 13.9. The summed E-state index contributed by atoms with van der Waals surface area (Å²) in [7, 11) is 0. The molecule has 1 atom stereocenters. The number of hydrogen-bond donors (Lipinski definition) is 2. The predicted octanol–water partition coefficient (Wildman–Crippen LogP) is 4.67. The molecule has 0 aromatic heterocycles. The Balaban J connectivity index is 1.30. The van der Waals surface area contributed by atoms with Gasteiger partial charge in [-0.05, 0) is 42.3 Å². The molecule has 1 unspecified atom stereocenters. The largest absolute Gasteiger partial charge is 0.354 e. The van der Waals surface area contributed by atoms with Crippen molar-refractivity contribution in [2.24, 2.45) is 5.92 Å². The minimum atomic E-state index is -0.783. The summed E-state index contributed by atoms with van der Waals surface area (Å²) in [6.07, 6.45) is 1.97. The van der Waals surface area contributed by atoms with Crippen LogP contribution in [0.2, 0.25) is 0 Å². The Hall–Kier alpha value is -4.07. The molecule has 2 fully saturated rings. The average molecular weight is 528 g/mol. The van der Waals surface area contributed by atoms with E-state index in [0.717, 1.165) is 28.6 Å². The number of amides is 4. The van der Waals surface area contributed by atoms with Gasteiger partial charge in [0.05, 0.1) is 12.4 Å². The highest BCUT2D eigenvalue weighted by Crippen LogP contribution is 2.39. The van der Waals surface area contributed by atoms with E-state index in [-0.39, 0.29) is 24.4 Å². The van der Waals surface area contributed by atoms with Crippen LogP contribution in [0.5, 0.6) is 0 Å². The van der Waals surface area contributed by atoms with Gasteiger partial charge in [-0.3, -0.25) is 9.59 Å². The number of nitrogens with zero attached hydrogens (tertiary/aromatic N) is 3. The number of anilines is 2. The van der Waals surface area contributed by atoms with E-state index in [0.29, 0.717) is 45.1 Å². The molecule has 8 nitrogen and oxygen atoms in total. The van der Waals surface area contributed by atoms with Crippen LogP contribution >= 0.6 is 0 Å². The van der Waals surface area contributed by atoms with Crippen molar-refractivity contribution in [2.45, 2.75) is 38.6 Å². The van der Waals surface area contributed by atoms with Crippen LogP contribution in [-0.4, -0.2) is 66.0 Å². The van der Waals surface area contributed by atoms with Gasteiger partial charge in [0.2, 0.25) is 5.91 Å². The molecule has 0 aliphatic carbocycles. The molecule has 3 aromatic carbocycles. The van der Waals surface area contributed by atoms with Crippen molar-refractivity contribution < 1.29 is 14.4 Å². The fourth-order valence-electron chi connectivity index (χ4n) is 5.59. The lowest BCUT2D eigenvalue weighted by atomic mass is 9.85. The topological polar surface area (TPSA) is 85.0 Å². The van der Waals surface area contributed by atoms with Crippen molar-refractivity contribution in [1.29, 1.82) is 0 Å². The van der Waals surface area contributed by atoms with Crippen LogP contribution in [0.1, 0.15) is 33.1 Å². The maximum Gasteiger partial charge on any atom is 0.321 e. The van der Waals surface area contributed by atoms with Gasteiger partial charge in [-0.1, -0.05) is 74.9 Å². The first-order chi connectivity index (χ1) is 18.9. The van der Waals surface area contributed by atoms with E-state index in [1.54, 1.807) is 9.80 Å². The zero-order valence-corrected chi connectivity index (χ0v) is 22.7. The van der Waals surface area contributed by atoms with Gasteiger partial charge in [-0.15, -0.1) is 0 Å². The normalized spacial score (nSPS) is 17.5. The van der Waals surface area contributed by atoms with E-state index in [9.17, 15) is 14.4 Å². The van der Waals surface area contributed by atoms with E-state index in [2.05, 4.69) is 29.4 Å². The first-order valence-corrected chi connectivity index (χ1v) is 13.8. The lowest BCUT2D eigenvalue weighted by molar-refractivity contribution is -0.137. The summed E-state index contributed by atoms with van der Waals surface area (Å²) in [6.45, 7) is 6.06. The van der Waals surface area contributed by atoms with Crippen LogP contribution < -0.4 is 15.5 Å². The van der Waals surface area contributed by atoms with E-state index in [4.69, 9.17) is 0 Å². The number of likely N-dealkylation sites (tertiary alicyclic amines) is 1. The number of carbonyl (C=O) groups excluding carboxylic acids is 3. The predicted molar refractivity (Wildman–Crippen MR) is 154 cm³/mol. The molecule has 2 saturated heterocycles. The molecule has 1 spiro atoms. The monoisotopic (exact) mass is 527 g/mol. The number of carbonyl (C=O) groups is 3. The number of nitrogens with one attached hydrogen (secondary N) is 2. The molecule has 204 valence electrons. The van der Waals surface area contributed by atoms with Crippen LogP contribution in [0.15, 0.2) is 72.8 Å². The van der Waals surface area contributed by atoms with Crippen LogP contribution in [0.3, 0.4) is 0 Å². The van der Waals surface area contributed by atoms with Crippen molar-refractivity contribution in [1.82, 2.24) is 15.1 Å². The SMILES string of the molecule is CCC(C)CNC(=O)CN1CN(c2ccccc2)C2(CCN(C(=O)Nc3cccc4ccccc34)CC2)C1=O. The molecule has 39 heavy (non-hydrogen) atoms. The van der Waals surface area contributed by atoms with Gasteiger partial charge in [0.1, 0.15) is 12.1 Å². The van der Waals surface area contributed by atoms with Crippen LogP contribution in [0.4, 0.5) is 16.2 Å². The van der Waals surface area contributed by atoms with Gasteiger partial charge in [0.15, 0.2) is 0 Å². The van der Waals surface area contributed by atoms with Crippen molar-refractivity contribution in [3.63, 3.8) is 0 Å².